The summed E-state index contributed by atoms with van der Waals surface area (Å²) in [6, 6.07) is 8.71. The summed E-state index contributed by atoms with van der Waals surface area (Å²) in [5.74, 6) is 0. The molecule has 0 aromatic carbocycles. The van der Waals surface area contributed by atoms with Gasteiger partial charge >= 0.3 is 0 Å². The Labute approximate surface area is 92.8 Å². The van der Waals surface area contributed by atoms with Crippen molar-refractivity contribution in [2.45, 2.75) is 19.9 Å². The molecule has 0 amide bonds. The number of aromatic nitrogens is 2. The van der Waals surface area contributed by atoms with E-state index in [2.05, 4.69) is 4.98 Å². The summed E-state index contributed by atoms with van der Waals surface area (Å²) >= 11 is 0. The maximum Gasteiger partial charge on any atom is 0.252 e. The van der Waals surface area contributed by atoms with Crippen molar-refractivity contribution in [2.75, 3.05) is 0 Å². The number of pyridine rings is 2. The molecule has 0 saturated heterocycles. The Kier molecular flexibility index (Phi) is 2.45. The average molecular weight is 213 g/mol. The first-order valence-corrected chi connectivity index (χ1v) is 5.06. The van der Waals surface area contributed by atoms with Crippen LogP contribution in [0.5, 0.6) is 0 Å². The molecule has 0 fully saturated rings. The Morgan fingerprint density at radius 3 is 2.62 bits per heavy atom. The molecule has 0 aliphatic carbocycles. The summed E-state index contributed by atoms with van der Waals surface area (Å²) in [7, 11) is 0. The van der Waals surface area contributed by atoms with Gasteiger partial charge in [-0.2, -0.15) is 5.26 Å². The van der Waals surface area contributed by atoms with E-state index in [4.69, 9.17) is 5.26 Å². The van der Waals surface area contributed by atoms with Crippen LogP contribution in [0, 0.1) is 11.3 Å². The van der Waals surface area contributed by atoms with Crippen LogP contribution in [-0.2, 0) is 0 Å². The smallest absolute Gasteiger partial charge is 0.252 e. The van der Waals surface area contributed by atoms with E-state index in [1.807, 2.05) is 19.9 Å². The maximum atomic E-state index is 11.7. The molecule has 0 bridgehead atoms. The molecule has 0 unspecified atom stereocenters. The molecule has 0 atom stereocenters. The summed E-state index contributed by atoms with van der Waals surface area (Å²) in [5, 5.41) is 9.66. The lowest BCUT2D eigenvalue weighted by molar-refractivity contribution is 0.595. The Balaban J connectivity index is 2.90. The molecule has 2 aromatic heterocycles. The van der Waals surface area contributed by atoms with Gasteiger partial charge in [-0.05, 0) is 32.0 Å². The number of nitrogens with zero attached hydrogens (tertiary/aromatic N) is 3. The first-order valence-electron chi connectivity index (χ1n) is 5.06. The van der Waals surface area contributed by atoms with E-state index < -0.39 is 0 Å². The topological polar surface area (TPSA) is 58.7 Å². The molecular weight excluding hydrogens is 202 g/mol. The number of nitriles is 1. The summed E-state index contributed by atoms with van der Waals surface area (Å²) in [6.45, 7) is 3.84. The first kappa shape index (κ1) is 10.4. The van der Waals surface area contributed by atoms with E-state index in [-0.39, 0.29) is 11.6 Å². The predicted molar refractivity (Wildman–Crippen MR) is 61.1 cm³/mol. The molecule has 4 nitrogen and oxygen atoms in total. The van der Waals surface area contributed by atoms with E-state index in [1.165, 1.54) is 6.07 Å². The second-order valence-electron chi connectivity index (χ2n) is 3.86. The number of hydrogen-bond donors (Lipinski definition) is 0. The van der Waals surface area contributed by atoms with E-state index in [1.54, 1.807) is 22.8 Å². The molecule has 0 radical (unpaired) electrons. The van der Waals surface area contributed by atoms with Crippen molar-refractivity contribution < 1.29 is 0 Å². The second kappa shape index (κ2) is 3.78. The van der Waals surface area contributed by atoms with Gasteiger partial charge in [-0.15, -0.1) is 0 Å². The van der Waals surface area contributed by atoms with Crippen LogP contribution in [0.25, 0.3) is 11.0 Å². The Morgan fingerprint density at radius 2 is 2.00 bits per heavy atom. The predicted octanol–water partition coefficient (Wildman–Crippen LogP) is 1.85. The van der Waals surface area contributed by atoms with Gasteiger partial charge in [0.1, 0.15) is 17.4 Å². The van der Waals surface area contributed by atoms with E-state index >= 15 is 0 Å². The molecule has 2 heterocycles. The fraction of sp³-hybridized carbons (Fsp3) is 0.250. The minimum atomic E-state index is -0.0925. The molecule has 0 spiro atoms. The van der Waals surface area contributed by atoms with Crippen LogP contribution in [0.15, 0.2) is 29.1 Å². The van der Waals surface area contributed by atoms with Crippen molar-refractivity contribution in [1.29, 1.82) is 5.26 Å². The van der Waals surface area contributed by atoms with Gasteiger partial charge in [0.2, 0.25) is 0 Å². The molecule has 0 aliphatic heterocycles. The summed E-state index contributed by atoms with van der Waals surface area (Å²) in [6.07, 6.45) is 0. The van der Waals surface area contributed by atoms with Gasteiger partial charge in [0.05, 0.1) is 0 Å². The lowest BCUT2D eigenvalue weighted by atomic mass is 10.2. The third-order valence-corrected chi connectivity index (χ3v) is 2.41. The van der Waals surface area contributed by atoms with Crippen molar-refractivity contribution in [3.63, 3.8) is 0 Å². The molecule has 4 heteroatoms. The van der Waals surface area contributed by atoms with E-state index in [9.17, 15) is 4.79 Å². The van der Waals surface area contributed by atoms with Gasteiger partial charge in [-0.25, -0.2) is 4.98 Å². The quantitative estimate of drug-likeness (QED) is 0.726. The molecule has 0 aliphatic rings. The minimum absolute atomic E-state index is 0.0256. The van der Waals surface area contributed by atoms with Gasteiger partial charge in [0, 0.05) is 17.5 Å². The molecule has 16 heavy (non-hydrogen) atoms. The summed E-state index contributed by atoms with van der Waals surface area (Å²) in [4.78, 5) is 15.9. The molecule has 2 rings (SSSR count). The lowest BCUT2D eigenvalue weighted by Gasteiger charge is -2.12. The van der Waals surface area contributed by atoms with E-state index in [0.29, 0.717) is 11.3 Å². The van der Waals surface area contributed by atoms with Crippen LogP contribution in [0.1, 0.15) is 25.6 Å². The first-order chi connectivity index (χ1) is 7.63. The highest BCUT2D eigenvalue weighted by Gasteiger charge is 2.08. The third kappa shape index (κ3) is 1.57. The number of hydrogen-bond acceptors (Lipinski definition) is 3. The van der Waals surface area contributed by atoms with Gasteiger partial charge in [-0.3, -0.25) is 9.36 Å². The SMILES string of the molecule is CC(C)n1c(=O)ccc2ccc(C#N)nc21. The minimum Gasteiger partial charge on any atom is -0.290 e. The Bertz CT molecular complexity index is 635. The summed E-state index contributed by atoms with van der Waals surface area (Å²) in [5.41, 5.74) is 0.805. The highest BCUT2D eigenvalue weighted by atomic mass is 16.1. The fourth-order valence-electron chi connectivity index (χ4n) is 1.69. The zero-order chi connectivity index (χ0) is 11.7. The largest absolute Gasteiger partial charge is 0.290 e. The zero-order valence-electron chi connectivity index (χ0n) is 9.14. The molecule has 2 aromatic rings. The van der Waals surface area contributed by atoms with Crippen LogP contribution in [0.4, 0.5) is 0 Å². The molecule has 80 valence electrons. The Morgan fingerprint density at radius 1 is 1.31 bits per heavy atom. The summed E-state index contributed by atoms with van der Waals surface area (Å²) < 4.78 is 1.59. The zero-order valence-corrected chi connectivity index (χ0v) is 9.14. The normalized spacial score (nSPS) is 10.6. The standard InChI is InChI=1S/C12H11N3O/c1-8(2)15-11(16)6-4-9-3-5-10(7-13)14-12(9)15/h3-6,8H,1-2H3. The van der Waals surface area contributed by atoms with E-state index in [0.717, 1.165) is 5.39 Å². The molecular formula is C12H11N3O. The number of fused-ring (bicyclic) bond motifs is 1. The monoisotopic (exact) mass is 213 g/mol. The average Bonchev–Trinajstić information content (AvgIpc) is 2.27. The maximum absolute atomic E-state index is 11.7. The van der Waals surface area contributed by atoms with Crippen molar-refractivity contribution in [2.24, 2.45) is 0 Å². The van der Waals surface area contributed by atoms with Crippen molar-refractivity contribution in [1.82, 2.24) is 9.55 Å². The van der Waals surface area contributed by atoms with Gasteiger partial charge in [0.25, 0.3) is 5.56 Å². The molecule has 0 N–H and O–H groups in total. The van der Waals surface area contributed by atoms with Crippen molar-refractivity contribution >= 4 is 11.0 Å². The van der Waals surface area contributed by atoms with Crippen LogP contribution in [0.3, 0.4) is 0 Å². The second-order valence-corrected chi connectivity index (χ2v) is 3.86. The number of rotatable bonds is 1. The third-order valence-electron chi connectivity index (χ3n) is 2.41. The van der Waals surface area contributed by atoms with Crippen LogP contribution in [-0.4, -0.2) is 9.55 Å². The van der Waals surface area contributed by atoms with Gasteiger partial charge in [-0.1, -0.05) is 0 Å². The molecule has 0 saturated carbocycles. The fourth-order valence-corrected chi connectivity index (χ4v) is 1.69. The van der Waals surface area contributed by atoms with Gasteiger partial charge in [0.15, 0.2) is 0 Å². The highest BCUT2D eigenvalue weighted by molar-refractivity contribution is 5.75. The lowest BCUT2D eigenvalue weighted by Crippen LogP contribution is -2.21. The van der Waals surface area contributed by atoms with Crippen LogP contribution < -0.4 is 5.56 Å². The highest BCUT2D eigenvalue weighted by Crippen LogP contribution is 2.13. The van der Waals surface area contributed by atoms with Crippen LogP contribution in [0.2, 0.25) is 0 Å². The van der Waals surface area contributed by atoms with Gasteiger partial charge < -0.3 is 0 Å². The van der Waals surface area contributed by atoms with Crippen molar-refractivity contribution in [3.8, 4) is 6.07 Å². The van der Waals surface area contributed by atoms with Crippen LogP contribution >= 0.6 is 0 Å². The van der Waals surface area contributed by atoms with Crippen molar-refractivity contribution in [3.05, 3.63) is 40.3 Å². The Hall–Kier alpha value is -2.15.